The van der Waals surface area contributed by atoms with Gasteiger partial charge in [-0.3, -0.25) is 29.0 Å². The average molecular weight is 555 g/mol. The van der Waals surface area contributed by atoms with Gasteiger partial charge in [0.25, 0.3) is 0 Å². The van der Waals surface area contributed by atoms with Crippen molar-refractivity contribution in [3.63, 3.8) is 0 Å². The maximum Gasteiger partial charge on any atom is 0.334 e. The van der Waals surface area contributed by atoms with Crippen molar-refractivity contribution in [1.29, 1.82) is 0 Å². The van der Waals surface area contributed by atoms with Gasteiger partial charge in [-0.15, -0.1) is 0 Å². The van der Waals surface area contributed by atoms with Crippen LogP contribution in [-0.2, 0) is 41.6 Å². The number of hydrogen-bond acceptors (Lipinski definition) is 6. The first-order chi connectivity index (χ1) is 19.6. The third-order valence-electron chi connectivity index (χ3n) is 9.89. The number of imide groups is 2. The number of hydrogen-bond donors (Lipinski definition) is 0. The van der Waals surface area contributed by atoms with Crippen LogP contribution in [0.1, 0.15) is 45.7 Å². The van der Waals surface area contributed by atoms with Gasteiger partial charge in [0, 0.05) is 16.9 Å². The van der Waals surface area contributed by atoms with Crippen LogP contribution in [0.5, 0.6) is 0 Å². The number of benzene rings is 2. The van der Waals surface area contributed by atoms with E-state index in [-0.39, 0.29) is 12.2 Å². The van der Waals surface area contributed by atoms with E-state index in [1.165, 1.54) is 9.80 Å². The second kappa shape index (κ2) is 9.50. The molecule has 2 aromatic carbocycles. The summed E-state index contributed by atoms with van der Waals surface area (Å²) in [6.07, 6.45) is 1.62. The molecule has 0 radical (unpaired) electrons. The highest BCUT2D eigenvalue weighted by atomic mass is 16.5. The van der Waals surface area contributed by atoms with Crippen LogP contribution < -0.4 is 9.80 Å². The van der Waals surface area contributed by atoms with Crippen LogP contribution in [-0.4, -0.2) is 36.2 Å². The molecule has 0 aromatic heterocycles. The van der Waals surface area contributed by atoms with E-state index in [0.717, 1.165) is 24.0 Å². The van der Waals surface area contributed by atoms with Crippen molar-refractivity contribution < 1.29 is 28.7 Å². The number of nitrogens with zero attached hydrogens (tertiary/aromatic N) is 2. The van der Waals surface area contributed by atoms with Crippen LogP contribution in [0.4, 0.5) is 11.4 Å². The molecule has 2 aromatic rings. The molecule has 5 aliphatic rings. The molecule has 8 heteroatoms. The zero-order chi connectivity index (χ0) is 29.4. The first-order valence-electron chi connectivity index (χ1n) is 14.4. The topological polar surface area (TPSA) is 101 Å². The van der Waals surface area contributed by atoms with E-state index >= 15 is 0 Å². The van der Waals surface area contributed by atoms with Crippen LogP contribution in [0.2, 0.25) is 0 Å². The number of esters is 1. The second-order valence-electron chi connectivity index (χ2n) is 11.7. The summed E-state index contributed by atoms with van der Waals surface area (Å²) in [6.45, 7) is 9.30. The highest BCUT2D eigenvalue weighted by Gasteiger charge is 2.77. The zero-order valence-corrected chi connectivity index (χ0v) is 24.0. The minimum Gasteiger partial charge on any atom is -0.463 e. The first-order valence-corrected chi connectivity index (χ1v) is 14.4. The summed E-state index contributed by atoms with van der Waals surface area (Å²) in [5, 5.41) is 0. The molecule has 2 saturated heterocycles. The van der Waals surface area contributed by atoms with E-state index in [4.69, 9.17) is 4.74 Å². The number of carbonyl (C=O) groups excluding carboxylic acids is 5. The lowest BCUT2D eigenvalue weighted by Gasteiger charge is -2.55. The molecule has 2 bridgehead atoms. The minimum absolute atomic E-state index is 0.115. The third-order valence-corrected chi connectivity index (χ3v) is 9.89. The van der Waals surface area contributed by atoms with E-state index < -0.39 is 64.6 Å². The molecule has 0 spiro atoms. The van der Waals surface area contributed by atoms with E-state index in [1.54, 1.807) is 45.0 Å². The molecular formula is C33H34N2O6. The van der Waals surface area contributed by atoms with Gasteiger partial charge in [-0.2, -0.15) is 0 Å². The first kappa shape index (κ1) is 27.1. The third kappa shape index (κ3) is 3.49. The van der Waals surface area contributed by atoms with Crippen molar-refractivity contribution in [3.05, 3.63) is 70.8 Å². The quantitative estimate of drug-likeness (QED) is 0.391. The van der Waals surface area contributed by atoms with Gasteiger partial charge in [0.05, 0.1) is 41.7 Å². The summed E-state index contributed by atoms with van der Waals surface area (Å²) in [4.78, 5) is 72.7. The molecule has 2 aliphatic heterocycles. The SMILES string of the molecule is CCOC(=O)C1=C(C)C2[C@H]3C(=O)N(c4ccc(CC)cc4)C(=O)[C@H]3C1(C)[C@H]1C(=O)N(c3ccc(CC)cc3)C(=O)[C@@H]21. The van der Waals surface area contributed by atoms with Gasteiger partial charge in [0.2, 0.25) is 23.6 Å². The molecule has 2 unspecified atom stereocenters. The summed E-state index contributed by atoms with van der Waals surface area (Å²) >= 11 is 0. The Hall–Kier alpha value is -4.07. The number of aryl methyl sites for hydroxylation is 2. The van der Waals surface area contributed by atoms with Gasteiger partial charge in [-0.1, -0.05) is 50.6 Å². The number of anilines is 2. The fraction of sp³-hybridized carbons (Fsp3) is 0.424. The molecular weight excluding hydrogens is 520 g/mol. The van der Waals surface area contributed by atoms with Crippen LogP contribution in [0.15, 0.2) is 59.7 Å². The Balaban J connectivity index is 1.51. The van der Waals surface area contributed by atoms with Crippen LogP contribution in [0.25, 0.3) is 0 Å². The predicted molar refractivity (Wildman–Crippen MR) is 152 cm³/mol. The van der Waals surface area contributed by atoms with Gasteiger partial charge in [-0.25, -0.2) is 4.79 Å². The lowest BCUT2D eigenvalue weighted by Crippen LogP contribution is -2.61. The predicted octanol–water partition coefficient (Wildman–Crippen LogP) is 4.25. The second-order valence-corrected chi connectivity index (χ2v) is 11.7. The summed E-state index contributed by atoms with van der Waals surface area (Å²) in [5.41, 5.74) is 2.43. The molecule has 6 atom stereocenters. The number of carbonyl (C=O) groups is 5. The van der Waals surface area contributed by atoms with Crippen LogP contribution in [0, 0.1) is 35.0 Å². The van der Waals surface area contributed by atoms with Gasteiger partial charge in [0.1, 0.15) is 0 Å². The molecule has 0 N–H and O–H groups in total. The fourth-order valence-electron chi connectivity index (χ4n) is 8.08. The van der Waals surface area contributed by atoms with Gasteiger partial charge >= 0.3 is 5.97 Å². The highest BCUT2D eigenvalue weighted by Crippen LogP contribution is 2.68. The Labute approximate surface area is 239 Å². The van der Waals surface area contributed by atoms with E-state index in [9.17, 15) is 24.0 Å². The molecule has 4 amide bonds. The molecule has 212 valence electrons. The van der Waals surface area contributed by atoms with Gasteiger partial charge in [0.15, 0.2) is 0 Å². The maximum absolute atomic E-state index is 14.3. The lowest BCUT2D eigenvalue weighted by molar-refractivity contribution is -0.155. The normalized spacial score (nSPS) is 30.3. The highest BCUT2D eigenvalue weighted by molar-refractivity contribution is 6.27. The minimum atomic E-state index is -1.41. The molecule has 3 aliphatic carbocycles. The van der Waals surface area contributed by atoms with Crippen molar-refractivity contribution in [1.82, 2.24) is 0 Å². The molecule has 1 saturated carbocycles. The van der Waals surface area contributed by atoms with Gasteiger partial charge < -0.3 is 4.74 Å². The largest absolute Gasteiger partial charge is 0.463 e. The number of allylic oxidation sites excluding steroid dienone is 1. The van der Waals surface area contributed by atoms with Crippen LogP contribution >= 0.6 is 0 Å². The Morgan fingerprint density at radius 3 is 1.49 bits per heavy atom. The van der Waals surface area contributed by atoms with E-state index in [2.05, 4.69) is 0 Å². The Morgan fingerprint density at radius 1 is 0.707 bits per heavy atom. The average Bonchev–Trinajstić information content (AvgIpc) is 3.39. The standard InChI is InChI=1S/C33H34N2O6/c1-6-18-9-13-20(14-10-18)34-28(36)23-22-17(4)25(32(40)41-8-3)33(5,26(23)30(34)38)27-24(22)29(37)35(31(27)39)21-15-11-19(7-2)12-16-21/h9-16,22-24,26-27H,6-8H2,1-5H3/t22?,23-,24+,26+,27-,33?. The number of ether oxygens (including phenoxy) is 1. The summed E-state index contributed by atoms with van der Waals surface area (Å²) in [7, 11) is 0. The fourth-order valence-corrected chi connectivity index (χ4v) is 8.08. The molecule has 8 nitrogen and oxygen atoms in total. The summed E-state index contributed by atoms with van der Waals surface area (Å²) in [5.74, 6) is -6.76. The smallest absolute Gasteiger partial charge is 0.334 e. The van der Waals surface area contributed by atoms with Crippen molar-refractivity contribution in [2.75, 3.05) is 16.4 Å². The summed E-state index contributed by atoms with van der Waals surface area (Å²) < 4.78 is 5.45. The molecule has 2 heterocycles. The lowest BCUT2D eigenvalue weighted by atomic mass is 9.43. The van der Waals surface area contributed by atoms with E-state index in [0.29, 0.717) is 16.9 Å². The molecule has 7 rings (SSSR count). The van der Waals surface area contributed by atoms with Crippen molar-refractivity contribution in [2.24, 2.45) is 35.0 Å². The zero-order valence-electron chi connectivity index (χ0n) is 24.0. The Kier molecular flexibility index (Phi) is 6.28. The monoisotopic (exact) mass is 554 g/mol. The van der Waals surface area contributed by atoms with Crippen molar-refractivity contribution in [2.45, 2.75) is 47.5 Å². The van der Waals surface area contributed by atoms with Crippen LogP contribution in [0.3, 0.4) is 0 Å². The van der Waals surface area contributed by atoms with Crippen molar-refractivity contribution in [3.8, 4) is 0 Å². The van der Waals surface area contributed by atoms with Crippen molar-refractivity contribution >= 4 is 41.0 Å². The van der Waals surface area contributed by atoms with Gasteiger partial charge in [-0.05, 0) is 62.1 Å². The Bertz CT molecular complexity index is 1430. The molecule has 41 heavy (non-hydrogen) atoms. The maximum atomic E-state index is 14.3. The number of rotatable bonds is 6. The number of amides is 4. The summed E-state index contributed by atoms with van der Waals surface area (Å²) in [6, 6.07) is 14.5. The Morgan fingerprint density at radius 2 is 1.12 bits per heavy atom. The van der Waals surface area contributed by atoms with E-state index in [1.807, 2.05) is 38.1 Å². The molecule has 3 fully saturated rings.